The van der Waals surface area contributed by atoms with Gasteiger partial charge in [-0.15, -0.1) is 0 Å². The van der Waals surface area contributed by atoms with Crippen LogP contribution in [0.5, 0.6) is 0 Å². The number of unbranched alkanes of at least 4 members (excludes halogenated alkanes) is 17. The number of aliphatic hydroxyl groups excluding tert-OH is 1. The molecule has 0 spiro atoms. The molecule has 0 saturated heterocycles. The second-order valence-electron chi connectivity index (χ2n) is 15.4. The van der Waals surface area contributed by atoms with Crippen LogP contribution in [0.2, 0.25) is 0 Å². The number of rotatable bonds is 43. The van der Waals surface area contributed by atoms with Gasteiger partial charge in [-0.1, -0.05) is 177 Å². The van der Waals surface area contributed by atoms with Crippen LogP contribution in [0.25, 0.3) is 0 Å². The maximum absolute atomic E-state index is 12.6. The summed E-state index contributed by atoms with van der Waals surface area (Å²) < 4.78 is 32.7. The lowest BCUT2D eigenvalue weighted by molar-refractivity contribution is -0.161. The molecule has 0 amide bonds. The van der Waals surface area contributed by atoms with Crippen molar-refractivity contribution in [2.24, 2.45) is 5.73 Å². The summed E-state index contributed by atoms with van der Waals surface area (Å²) in [4.78, 5) is 35.0. The van der Waals surface area contributed by atoms with Crippen LogP contribution < -0.4 is 5.73 Å². The van der Waals surface area contributed by atoms with Crippen LogP contribution in [-0.2, 0) is 32.7 Å². The number of allylic oxidation sites excluding steroid dienone is 11. The van der Waals surface area contributed by atoms with E-state index in [0.717, 1.165) is 44.9 Å². The molecule has 0 saturated carbocycles. The summed E-state index contributed by atoms with van der Waals surface area (Å²) in [5.74, 6) is -1.04. The van der Waals surface area contributed by atoms with Gasteiger partial charge < -0.3 is 25.2 Å². The predicted molar refractivity (Wildman–Crippen MR) is 248 cm³/mol. The van der Waals surface area contributed by atoms with E-state index in [-0.39, 0.29) is 32.6 Å². The first-order valence-electron chi connectivity index (χ1n) is 23.5. The number of phosphoric acid groups is 1. The number of aliphatic hydroxyl groups is 1. The fraction of sp³-hybridized carbons (Fsp3) is 0.714. The van der Waals surface area contributed by atoms with Crippen molar-refractivity contribution in [1.29, 1.82) is 0 Å². The Morgan fingerprint density at radius 2 is 1.12 bits per heavy atom. The molecule has 0 aliphatic carbocycles. The zero-order chi connectivity index (χ0) is 44.0. The van der Waals surface area contributed by atoms with Crippen molar-refractivity contribution in [3.05, 3.63) is 72.9 Å². The average Bonchev–Trinajstić information content (AvgIpc) is 3.23. The Morgan fingerprint density at radius 1 is 0.600 bits per heavy atom. The lowest BCUT2D eigenvalue weighted by Gasteiger charge is -2.20. The largest absolute Gasteiger partial charge is 0.472 e. The van der Waals surface area contributed by atoms with Gasteiger partial charge in [0.15, 0.2) is 6.10 Å². The van der Waals surface area contributed by atoms with E-state index < -0.39 is 38.6 Å². The molecule has 0 aliphatic heterocycles. The Kier molecular flexibility index (Phi) is 42.5. The summed E-state index contributed by atoms with van der Waals surface area (Å²) in [5, 5.41) is 10.3. The van der Waals surface area contributed by atoms with Gasteiger partial charge in [0.05, 0.1) is 19.3 Å². The lowest BCUT2D eigenvalue weighted by atomic mass is 10.0. The molecule has 10 nitrogen and oxygen atoms in total. The average molecular weight is 864 g/mol. The lowest BCUT2D eigenvalue weighted by Crippen LogP contribution is -2.29. The summed E-state index contributed by atoms with van der Waals surface area (Å²) in [5.41, 5.74) is 5.34. The normalized spacial score (nSPS) is 14.4. The Labute approximate surface area is 365 Å². The highest BCUT2D eigenvalue weighted by Gasteiger charge is 2.26. The monoisotopic (exact) mass is 864 g/mol. The van der Waals surface area contributed by atoms with E-state index in [2.05, 4.69) is 62.5 Å². The maximum atomic E-state index is 12.6. The third-order valence-electron chi connectivity index (χ3n) is 9.68. The highest BCUT2D eigenvalue weighted by atomic mass is 31.2. The summed E-state index contributed by atoms with van der Waals surface area (Å²) in [7, 11) is -4.44. The molecule has 0 aromatic carbocycles. The van der Waals surface area contributed by atoms with Gasteiger partial charge in [-0.2, -0.15) is 0 Å². The SMILES string of the molecule is CC/C=C\C/C=C\C/C=C\C/C=C\C=C\C(O)CCCC(=O)O[C@H](COC(=O)CCCCCCCCCCCCC/C=C\CCCCCCCC)COP(=O)(O)OCCN. The van der Waals surface area contributed by atoms with Gasteiger partial charge in [0.25, 0.3) is 0 Å². The van der Waals surface area contributed by atoms with E-state index >= 15 is 0 Å². The van der Waals surface area contributed by atoms with Gasteiger partial charge in [-0.25, -0.2) is 4.57 Å². The minimum absolute atomic E-state index is 0.00294. The van der Waals surface area contributed by atoms with Crippen LogP contribution in [0.15, 0.2) is 72.9 Å². The third-order valence-corrected chi connectivity index (χ3v) is 10.7. The van der Waals surface area contributed by atoms with Crippen LogP contribution in [0.3, 0.4) is 0 Å². The minimum Gasteiger partial charge on any atom is -0.462 e. The first kappa shape index (κ1) is 57.4. The first-order chi connectivity index (χ1) is 29.2. The zero-order valence-electron chi connectivity index (χ0n) is 37.8. The molecule has 2 unspecified atom stereocenters. The molecule has 0 fully saturated rings. The third kappa shape index (κ3) is 43.5. The molecule has 11 heteroatoms. The highest BCUT2D eigenvalue weighted by molar-refractivity contribution is 7.47. The fourth-order valence-corrected chi connectivity index (χ4v) is 6.95. The van der Waals surface area contributed by atoms with Crippen LogP contribution in [0, 0.1) is 0 Å². The van der Waals surface area contributed by atoms with Crippen LogP contribution >= 0.6 is 7.82 Å². The quantitative estimate of drug-likeness (QED) is 0.0177. The smallest absolute Gasteiger partial charge is 0.462 e. The molecular formula is C49H86NO9P. The van der Waals surface area contributed by atoms with Gasteiger partial charge in [0.1, 0.15) is 6.61 Å². The molecule has 0 heterocycles. The first-order valence-corrected chi connectivity index (χ1v) is 25.0. The van der Waals surface area contributed by atoms with Gasteiger partial charge in [-0.05, 0) is 70.6 Å². The van der Waals surface area contributed by atoms with E-state index in [1.54, 1.807) is 12.2 Å². The molecule has 0 radical (unpaired) electrons. The van der Waals surface area contributed by atoms with Crippen molar-refractivity contribution in [3.63, 3.8) is 0 Å². The number of nitrogens with two attached hydrogens (primary N) is 1. The van der Waals surface area contributed by atoms with E-state index in [1.807, 2.05) is 12.2 Å². The standard InChI is InChI=1S/C49H86NO9P/c1-3-5-7-9-11-13-15-17-18-19-20-21-22-23-24-26-28-30-32-34-36-40-48(52)56-44-47(45-58-60(54,55)57-43-42-50)59-49(53)41-37-39-46(51)38-35-33-31-29-27-25-16-14-12-10-8-6-4-2/h6,8,12,14,17-18,25,27,31,33,35,38,46-47,51H,3-5,7,9-11,13,15-16,19-24,26,28-30,32,34,36-37,39-45,50H2,1-2H3,(H,54,55)/b8-6-,14-12-,18-17-,27-25-,33-31-,38-35+/t46?,47-/m1/s1. The molecule has 60 heavy (non-hydrogen) atoms. The fourth-order valence-electron chi connectivity index (χ4n) is 6.19. The van der Waals surface area contributed by atoms with Crippen molar-refractivity contribution in [1.82, 2.24) is 0 Å². The van der Waals surface area contributed by atoms with Crippen molar-refractivity contribution in [2.45, 2.75) is 199 Å². The molecule has 0 rings (SSSR count). The second kappa shape index (κ2) is 44.5. The number of esters is 2. The summed E-state index contributed by atoms with van der Waals surface area (Å²) in [6, 6.07) is 0. The van der Waals surface area contributed by atoms with Gasteiger partial charge in [0, 0.05) is 19.4 Å². The Bertz CT molecular complexity index is 1230. The van der Waals surface area contributed by atoms with Gasteiger partial charge >= 0.3 is 19.8 Å². The van der Waals surface area contributed by atoms with Crippen molar-refractivity contribution in [3.8, 4) is 0 Å². The molecule has 4 N–H and O–H groups in total. The van der Waals surface area contributed by atoms with Crippen LogP contribution in [0.1, 0.15) is 187 Å². The summed E-state index contributed by atoms with van der Waals surface area (Å²) in [6.07, 6.45) is 51.1. The minimum atomic E-state index is -4.44. The van der Waals surface area contributed by atoms with Crippen LogP contribution in [-0.4, -0.2) is 60.5 Å². The molecule has 0 bridgehead atoms. The Morgan fingerprint density at radius 3 is 1.68 bits per heavy atom. The van der Waals surface area contributed by atoms with Crippen molar-refractivity contribution >= 4 is 19.8 Å². The van der Waals surface area contributed by atoms with Crippen molar-refractivity contribution in [2.75, 3.05) is 26.4 Å². The summed E-state index contributed by atoms with van der Waals surface area (Å²) >= 11 is 0. The molecular weight excluding hydrogens is 778 g/mol. The van der Waals surface area contributed by atoms with Gasteiger partial charge in [0.2, 0.25) is 0 Å². The molecule has 3 atom stereocenters. The van der Waals surface area contributed by atoms with E-state index in [0.29, 0.717) is 19.3 Å². The number of ether oxygens (including phenoxy) is 2. The van der Waals surface area contributed by atoms with Crippen molar-refractivity contribution < 1.29 is 42.7 Å². The Balaban J connectivity index is 4.26. The topological polar surface area (TPSA) is 155 Å². The molecule has 0 aromatic heterocycles. The number of hydrogen-bond donors (Lipinski definition) is 3. The maximum Gasteiger partial charge on any atom is 0.472 e. The predicted octanol–water partition coefficient (Wildman–Crippen LogP) is 12.8. The highest BCUT2D eigenvalue weighted by Crippen LogP contribution is 2.43. The van der Waals surface area contributed by atoms with Gasteiger partial charge in [-0.3, -0.25) is 18.6 Å². The summed E-state index contributed by atoms with van der Waals surface area (Å²) in [6.45, 7) is 3.39. The number of carbonyl (C=O) groups is 2. The van der Waals surface area contributed by atoms with E-state index in [9.17, 15) is 24.2 Å². The number of phosphoric ester groups is 1. The second-order valence-corrected chi connectivity index (χ2v) is 16.9. The number of carbonyl (C=O) groups excluding carboxylic acids is 2. The molecule has 346 valence electrons. The van der Waals surface area contributed by atoms with E-state index in [4.69, 9.17) is 24.3 Å². The van der Waals surface area contributed by atoms with E-state index in [1.165, 1.54) is 96.3 Å². The number of hydrogen-bond acceptors (Lipinski definition) is 9. The van der Waals surface area contributed by atoms with Crippen LogP contribution in [0.4, 0.5) is 0 Å². The molecule has 0 aliphatic rings. The molecule has 0 aromatic rings. The zero-order valence-corrected chi connectivity index (χ0v) is 38.7. The Hall–Kier alpha value is -2.59.